The third-order valence-electron chi connectivity index (χ3n) is 2.59. The van der Waals surface area contributed by atoms with Crippen molar-refractivity contribution in [1.29, 1.82) is 0 Å². The number of nitrogens with two attached hydrogens (primary N) is 1. The molecule has 1 atom stereocenters. The van der Waals surface area contributed by atoms with Gasteiger partial charge in [-0.2, -0.15) is 0 Å². The number of hydrogen-bond donors (Lipinski definition) is 1. The van der Waals surface area contributed by atoms with Gasteiger partial charge in [0, 0.05) is 6.04 Å². The molecule has 3 heteroatoms. The SMILES string of the molecule is COc1cc([C@H](N)CC(C)C)ccc1C.Cl. The van der Waals surface area contributed by atoms with E-state index in [0.717, 1.165) is 23.3 Å². The summed E-state index contributed by atoms with van der Waals surface area (Å²) in [5, 5.41) is 0. The van der Waals surface area contributed by atoms with Crippen LogP contribution < -0.4 is 10.5 Å². The van der Waals surface area contributed by atoms with E-state index in [1.807, 2.05) is 13.0 Å². The maximum absolute atomic E-state index is 6.11. The van der Waals surface area contributed by atoms with Gasteiger partial charge in [-0.25, -0.2) is 0 Å². The molecule has 0 spiro atoms. The van der Waals surface area contributed by atoms with E-state index in [4.69, 9.17) is 10.5 Å². The fraction of sp³-hybridized carbons (Fsp3) is 0.538. The van der Waals surface area contributed by atoms with Gasteiger partial charge in [-0.1, -0.05) is 26.0 Å². The van der Waals surface area contributed by atoms with Crippen LogP contribution >= 0.6 is 12.4 Å². The molecule has 1 rings (SSSR count). The molecular weight excluding hydrogens is 222 g/mol. The van der Waals surface area contributed by atoms with Gasteiger partial charge in [-0.3, -0.25) is 0 Å². The Balaban J connectivity index is 0.00000225. The van der Waals surface area contributed by atoms with Crippen molar-refractivity contribution < 1.29 is 4.74 Å². The van der Waals surface area contributed by atoms with Crippen LogP contribution in [0.1, 0.15) is 37.4 Å². The summed E-state index contributed by atoms with van der Waals surface area (Å²) >= 11 is 0. The molecule has 0 heterocycles. The summed E-state index contributed by atoms with van der Waals surface area (Å²) in [6.45, 7) is 6.41. The van der Waals surface area contributed by atoms with Gasteiger partial charge in [-0.15, -0.1) is 12.4 Å². The molecule has 2 nitrogen and oxygen atoms in total. The second-order valence-corrected chi connectivity index (χ2v) is 4.47. The molecule has 0 aromatic heterocycles. The average Bonchev–Trinajstić information content (AvgIpc) is 2.17. The number of benzene rings is 1. The molecule has 0 saturated heterocycles. The highest BCUT2D eigenvalue weighted by Crippen LogP contribution is 2.25. The summed E-state index contributed by atoms with van der Waals surface area (Å²) in [4.78, 5) is 0. The Hall–Kier alpha value is -0.730. The van der Waals surface area contributed by atoms with Crippen molar-refractivity contribution in [3.63, 3.8) is 0 Å². The first-order chi connectivity index (χ1) is 7.04. The smallest absolute Gasteiger partial charge is 0.122 e. The fourth-order valence-electron chi connectivity index (χ4n) is 1.71. The van der Waals surface area contributed by atoms with Gasteiger partial charge >= 0.3 is 0 Å². The molecule has 0 radical (unpaired) electrons. The first kappa shape index (κ1) is 15.3. The van der Waals surface area contributed by atoms with E-state index < -0.39 is 0 Å². The molecule has 92 valence electrons. The molecule has 0 amide bonds. The minimum absolute atomic E-state index is 0. The zero-order valence-electron chi connectivity index (χ0n) is 10.5. The Morgan fingerprint density at radius 1 is 1.31 bits per heavy atom. The number of methoxy groups -OCH3 is 1. The molecule has 16 heavy (non-hydrogen) atoms. The summed E-state index contributed by atoms with van der Waals surface area (Å²) < 4.78 is 5.29. The van der Waals surface area contributed by atoms with Crippen LogP contribution in [0.5, 0.6) is 5.75 Å². The summed E-state index contributed by atoms with van der Waals surface area (Å²) in [5.41, 5.74) is 8.42. The van der Waals surface area contributed by atoms with Gasteiger partial charge in [0.25, 0.3) is 0 Å². The highest BCUT2D eigenvalue weighted by atomic mass is 35.5. The normalized spacial score (nSPS) is 12.1. The monoisotopic (exact) mass is 243 g/mol. The Morgan fingerprint density at radius 2 is 1.94 bits per heavy atom. The topological polar surface area (TPSA) is 35.2 Å². The molecule has 0 bridgehead atoms. The second kappa shape index (κ2) is 6.77. The molecule has 0 aliphatic heterocycles. The van der Waals surface area contributed by atoms with Crippen LogP contribution in [0.15, 0.2) is 18.2 Å². The standard InChI is InChI=1S/C13H21NO.ClH/c1-9(2)7-12(14)11-6-5-10(3)13(8-11)15-4;/h5-6,8-9,12H,7,14H2,1-4H3;1H/t12-;/m1./s1. The van der Waals surface area contributed by atoms with E-state index in [-0.39, 0.29) is 18.4 Å². The molecule has 2 N–H and O–H groups in total. The third-order valence-corrected chi connectivity index (χ3v) is 2.59. The highest BCUT2D eigenvalue weighted by Gasteiger charge is 2.10. The lowest BCUT2D eigenvalue weighted by atomic mass is 9.97. The van der Waals surface area contributed by atoms with E-state index in [0.29, 0.717) is 5.92 Å². The van der Waals surface area contributed by atoms with Crippen LogP contribution in [-0.2, 0) is 0 Å². The van der Waals surface area contributed by atoms with Crippen LogP contribution in [0.25, 0.3) is 0 Å². The quantitative estimate of drug-likeness (QED) is 0.879. The van der Waals surface area contributed by atoms with E-state index in [1.165, 1.54) is 0 Å². The molecule has 0 unspecified atom stereocenters. The van der Waals surface area contributed by atoms with Crippen LogP contribution in [0.2, 0.25) is 0 Å². The van der Waals surface area contributed by atoms with E-state index in [9.17, 15) is 0 Å². The zero-order chi connectivity index (χ0) is 11.4. The molecule has 0 fully saturated rings. The van der Waals surface area contributed by atoms with Crippen molar-refractivity contribution >= 4 is 12.4 Å². The van der Waals surface area contributed by atoms with Gasteiger partial charge in [0.1, 0.15) is 5.75 Å². The second-order valence-electron chi connectivity index (χ2n) is 4.47. The van der Waals surface area contributed by atoms with E-state index >= 15 is 0 Å². The Kier molecular flexibility index (Phi) is 6.46. The Morgan fingerprint density at radius 3 is 2.44 bits per heavy atom. The summed E-state index contributed by atoms with van der Waals surface area (Å²) in [7, 11) is 1.69. The van der Waals surface area contributed by atoms with Gasteiger partial charge < -0.3 is 10.5 Å². The average molecular weight is 244 g/mol. The van der Waals surface area contributed by atoms with Crippen molar-refractivity contribution in [2.75, 3.05) is 7.11 Å². The van der Waals surface area contributed by atoms with Crippen molar-refractivity contribution in [2.24, 2.45) is 11.7 Å². The highest BCUT2D eigenvalue weighted by molar-refractivity contribution is 5.85. The van der Waals surface area contributed by atoms with Crippen LogP contribution in [0.4, 0.5) is 0 Å². The molecular formula is C13H22ClNO. The number of rotatable bonds is 4. The molecule has 0 aliphatic rings. The van der Waals surface area contributed by atoms with E-state index in [1.54, 1.807) is 7.11 Å². The van der Waals surface area contributed by atoms with Crippen molar-refractivity contribution in [1.82, 2.24) is 0 Å². The van der Waals surface area contributed by atoms with Crippen LogP contribution in [-0.4, -0.2) is 7.11 Å². The van der Waals surface area contributed by atoms with Crippen molar-refractivity contribution in [3.05, 3.63) is 29.3 Å². The summed E-state index contributed by atoms with van der Waals surface area (Å²) in [5.74, 6) is 1.54. The van der Waals surface area contributed by atoms with Gasteiger partial charge in [0.15, 0.2) is 0 Å². The molecule has 0 aliphatic carbocycles. The first-order valence-corrected chi connectivity index (χ1v) is 5.44. The maximum Gasteiger partial charge on any atom is 0.122 e. The lowest BCUT2D eigenvalue weighted by molar-refractivity contribution is 0.410. The van der Waals surface area contributed by atoms with E-state index in [2.05, 4.69) is 26.0 Å². The van der Waals surface area contributed by atoms with Crippen LogP contribution in [0.3, 0.4) is 0 Å². The van der Waals surface area contributed by atoms with Gasteiger partial charge in [0.2, 0.25) is 0 Å². The lowest BCUT2D eigenvalue weighted by Gasteiger charge is -2.16. The third kappa shape index (κ3) is 4.03. The summed E-state index contributed by atoms with van der Waals surface area (Å²) in [6.07, 6.45) is 1.01. The number of halogens is 1. The van der Waals surface area contributed by atoms with Gasteiger partial charge in [0.05, 0.1) is 7.11 Å². The van der Waals surface area contributed by atoms with Crippen molar-refractivity contribution in [2.45, 2.75) is 33.2 Å². The van der Waals surface area contributed by atoms with Gasteiger partial charge in [-0.05, 0) is 36.5 Å². The fourth-order valence-corrected chi connectivity index (χ4v) is 1.71. The van der Waals surface area contributed by atoms with Crippen molar-refractivity contribution in [3.8, 4) is 5.75 Å². The Labute approximate surface area is 105 Å². The predicted molar refractivity (Wildman–Crippen MR) is 71.4 cm³/mol. The first-order valence-electron chi connectivity index (χ1n) is 5.44. The molecule has 0 saturated carbocycles. The zero-order valence-corrected chi connectivity index (χ0v) is 11.3. The maximum atomic E-state index is 6.11. The number of aryl methyl sites for hydroxylation is 1. The minimum atomic E-state index is 0. The summed E-state index contributed by atoms with van der Waals surface area (Å²) in [6, 6.07) is 6.31. The minimum Gasteiger partial charge on any atom is -0.496 e. The van der Waals surface area contributed by atoms with Crippen LogP contribution in [0, 0.1) is 12.8 Å². The number of hydrogen-bond acceptors (Lipinski definition) is 2. The molecule has 1 aromatic carbocycles. The Bertz CT molecular complexity index is 326. The predicted octanol–water partition coefficient (Wildman–Crippen LogP) is 3.47. The number of ether oxygens (including phenoxy) is 1. The molecule has 1 aromatic rings. The lowest BCUT2D eigenvalue weighted by Crippen LogP contribution is -2.13. The largest absolute Gasteiger partial charge is 0.496 e.